The first-order valence-corrected chi connectivity index (χ1v) is 10.1. The maximum absolute atomic E-state index is 13.1. The van der Waals surface area contributed by atoms with Gasteiger partial charge in [0.05, 0.1) is 5.92 Å². The number of imidazole rings is 1. The summed E-state index contributed by atoms with van der Waals surface area (Å²) >= 11 is 6.03. The van der Waals surface area contributed by atoms with Gasteiger partial charge in [-0.15, -0.1) is 0 Å². The highest BCUT2D eigenvalue weighted by Crippen LogP contribution is 2.25. The van der Waals surface area contributed by atoms with Crippen molar-refractivity contribution >= 4 is 23.4 Å². The van der Waals surface area contributed by atoms with Gasteiger partial charge in [-0.05, 0) is 30.5 Å². The van der Waals surface area contributed by atoms with Crippen LogP contribution in [0.2, 0.25) is 5.02 Å². The number of nitrogens with zero attached hydrogens (tertiary/aromatic N) is 3. The van der Waals surface area contributed by atoms with Crippen LogP contribution in [0.5, 0.6) is 0 Å². The zero-order chi connectivity index (χ0) is 20.3. The number of carbonyl (C=O) groups excluding carboxylic acids is 2. The van der Waals surface area contributed by atoms with E-state index >= 15 is 0 Å². The molecule has 1 aliphatic rings. The largest absolute Gasteiger partial charge is 0.342 e. The number of aryl methyl sites for hydroxylation is 1. The van der Waals surface area contributed by atoms with Crippen molar-refractivity contribution in [3.8, 4) is 0 Å². The molecule has 0 spiro atoms. The van der Waals surface area contributed by atoms with Crippen molar-refractivity contribution in [2.75, 3.05) is 13.1 Å². The summed E-state index contributed by atoms with van der Waals surface area (Å²) in [5, 5.41) is 3.79. The molecule has 0 bridgehead atoms. The van der Waals surface area contributed by atoms with Gasteiger partial charge in [-0.1, -0.05) is 37.6 Å². The van der Waals surface area contributed by atoms with Gasteiger partial charge in [-0.2, -0.15) is 0 Å². The van der Waals surface area contributed by atoms with E-state index in [4.69, 9.17) is 11.6 Å². The van der Waals surface area contributed by atoms with Crippen molar-refractivity contribution < 1.29 is 9.59 Å². The summed E-state index contributed by atoms with van der Waals surface area (Å²) in [6.07, 6.45) is 5.19. The Balaban J connectivity index is 1.79. The summed E-state index contributed by atoms with van der Waals surface area (Å²) in [5.41, 5.74) is 0.915. The van der Waals surface area contributed by atoms with Gasteiger partial charge in [0.25, 0.3) is 0 Å². The summed E-state index contributed by atoms with van der Waals surface area (Å²) in [5.74, 6) is 0.532. The quantitative estimate of drug-likeness (QED) is 0.835. The number of hydrogen-bond acceptors (Lipinski definition) is 3. The van der Waals surface area contributed by atoms with E-state index in [9.17, 15) is 9.59 Å². The molecule has 0 saturated carbocycles. The topological polar surface area (TPSA) is 67.2 Å². The molecule has 7 heteroatoms. The number of benzene rings is 1. The number of piperidine rings is 1. The Hall–Kier alpha value is -2.34. The lowest BCUT2D eigenvalue weighted by molar-refractivity contribution is -0.138. The molecular formula is C21H27ClN4O2. The second kappa shape index (κ2) is 8.78. The van der Waals surface area contributed by atoms with E-state index in [1.807, 2.05) is 60.8 Å². The van der Waals surface area contributed by atoms with Crippen LogP contribution in [0, 0.1) is 11.8 Å². The van der Waals surface area contributed by atoms with Crippen molar-refractivity contribution in [2.24, 2.45) is 18.9 Å². The number of rotatable bonds is 5. The SMILES string of the molecule is CC(C)C(=O)N1CCC[C@H](C(=O)N[C@H](c2ccc(Cl)cc2)c2nccn2C)C1. The van der Waals surface area contributed by atoms with Crippen LogP contribution in [0.25, 0.3) is 0 Å². The fourth-order valence-electron chi connectivity index (χ4n) is 3.62. The lowest BCUT2D eigenvalue weighted by Gasteiger charge is -2.34. The Bertz CT molecular complexity index is 831. The van der Waals surface area contributed by atoms with E-state index in [1.54, 1.807) is 6.20 Å². The first kappa shape index (κ1) is 20.4. The number of aromatic nitrogens is 2. The first-order valence-electron chi connectivity index (χ1n) is 9.68. The molecule has 1 N–H and O–H groups in total. The van der Waals surface area contributed by atoms with E-state index in [1.165, 1.54) is 0 Å². The average molecular weight is 403 g/mol. The van der Waals surface area contributed by atoms with Gasteiger partial charge >= 0.3 is 0 Å². The number of likely N-dealkylation sites (tertiary alicyclic amines) is 1. The molecule has 0 unspecified atom stereocenters. The molecule has 3 rings (SSSR count). The van der Waals surface area contributed by atoms with E-state index < -0.39 is 0 Å². The maximum atomic E-state index is 13.1. The van der Waals surface area contributed by atoms with Crippen molar-refractivity contribution in [3.05, 3.63) is 53.1 Å². The summed E-state index contributed by atoms with van der Waals surface area (Å²) in [7, 11) is 1.90. The third-order valence-corrected chi connectivity index (χ3v) is 5.46. The Morgan fingerprint density at radius 2 is 1.96 bits per heavy atom. The van der Waals surface area contributed by atoms with Gasteiger partial charge in [0.2, 0.25) is 11.8 Å². The third-order valence-electron chi connectivity index (χ3n) is 5.20. The van der Waals surface area contributed by atoms with Crippen LogP contribution in [-0.4, -0.2) is 39.4 Å². The normalized spacial score (nSPS) is 18.2. The highest BCUT2D eigenvalue weighted by molar-refractivity contribution is 6.30. The average Bonchev–Trinajstić information content (AvgIpc) is 3.11. The van der Waals surface area contributed by atoms with Crippen LogP contribution >= 0.6 is 11.6 Å². The second-order valence-electron chi connectivity index (χ2n) is 7.67. The summed E-state index contributed by atoms with van der Waals surface area (Å²) in [4.78, 5) is 31.7. The number of amides is 2. The predicted octanol–water partition coefficient (Wildman–Crippen LogP) is 3.17. The zero-order valence-electron chi connectivity index (χ0n) is 16.6. The van der Waals surface area contributed by atoms with Crippen molar-refractivity contribution in [3.63, 3.8) is 0 Å². The molecule has 150 valence electrons. The summed E-state index contributed by atoms with van der Waals surface area (Å²) in [6.45, 7) is 4.98. The molecule has 2 aromatic rings. The number of halogens is 1. The van der Waals surface area contributed by atoms with Crippen molar-refractivity contribution in [1.82, 2.24) is 19.8 Å². The van der Waals surface area contributed by atoms with Crippen LogP contribution in [0.3, 0.4) is 0 Å². The number of hydrogen-bond donors (Lipinski definition) is 1. The van der Waals surface area contributed by atoms with Crippen LogP contribution in [0.15, 0.2) is 36.7 Å². The van der Waals surface area contributed by atoms with Crippen LogP contribution in [0.1, 0.15) is 44.1 Å². The number of nitrogens with one attached hydrogen (secondary N) is 1. The standard InChI is InChI=1S/C21H27ClN4O2/c1-14(2)21(28)26-11-4-5-16(13-26)20(27)24-18(19-23-10-12-25(19)3)15-6-8-17(22)9-7-15/h6-10,12,14,16,18H,4-5,11,13H2,1-3H3,(H,24,27)/t16-,18+/m0/s1. The molecule has 1 aliphatic heterocycles. The molecule has 1 fully saturated rings. The van der Waals surface area contributed by atoms with Crippen molar-refractivity contribution in [1.29, 1.82) is 0 Å². The Labute approximate surface area is 170 Å². The summed E-state index contributed by atoms with van der Waals surface area (Å²) in [6, 6.07) is 7.04. The van der Waals surface area contributed by atoms with E-state index in [0.29, 0.717) is 11.6 Å². The molecule has 1 saturated heterocycles. The van der Waals surface area contributed by atoms with Gasteiger partial charge in [-0.25, -0.2) is 4.98 Å². The minimum absolute atomic E-state index is 0.0517. The van der Waals surface area contributed by atoms with E-state index in [-0.39, 0.29) is 29.7 Å². The molecular weight excluding hydrogens is 376 g/mol. The molecule has 28 heavy (non-hydrogen) atoms. The van der Waals surface area contributed by atoms with Crippen LogP contribution in [0.4, 0.5) is 0 Å². The Morgan fingerprint density at radius 1 is 1.25 bits per heavy atom. The lowest BCUT2D eigenvalue weighted by Crippen LogP contribution is -2.47. The highest BCUT2D eigenvalue weighted by atomic mass is 35.5. The minimum atomic E-state index is -0.374. The smallest absolute Gasteiger partial charge is 0.225 e. The maximum Gasteiger partial charge on any atom is 0.225 e. The van der Waals surface area contributed by atoms with Gasteiger partial charge in [0.15, 0.2) is 0 Å². The summed E-state index contributed by atoms with van der Waals surface area (Å²) < 4.78 is 1.90. The molecule has 2 amide bonds. The van der Waals surface area contributed by atoms with Gasteiger partial charge in [-0.3, -0.25) is 9.59 Å². The lowest BCUT2D eigenvalue weighted by atomic mass is 9.95. The minimum Gasteiger partial charge on any atom is -0.342 e. The van der Waals surface area contributed by atoms with Crippen molar-refractivity contribution in [2.45, 2.75) is 32.7 Å². The molecule has 6 nitrogen and oxygen atoms in total. The predicted molar refractivity (Wildman–Crippen MR) is 109 cm³/mol. The van der Waals surface area contributed by atoms with Crippen LogP contribution in [-0.2, 0) is 16.6 Å². The van der Waals surface area contributed by atoms with E-state index in [0.717, 1.165) is 30.8 Å². The number of carbonyl (C=O) groups is 2. The van der Waals surface area contributed by atoms with Crippen LogP contribution < -0.4 is 5.32 Å². The molecule has 1 aromatic heterocycles. The Morgan fingerprint density at radius 3 is 2.57 bits per heavy atom. The fraction of sp³-hybridized carbons (Fsp3) is 0.476. The molecule has 0 radical (unpaired) electrons. The van der Waals surface area contributed by atoms with Gasteiger partial charge in [0.1, 0.15) is 11.9 Å². The first-order chi connectivity index (χ1) is 13.4. The molecule has 2 heterocycles. The monoisotopic (exact) mass is 402 g/mol. The van der Waals surface area contributed by atoms with E-state index in [2.05, 4.69) is 10.3 Å². The Kier molecular flexibility index (Phi) is 6.39. The molecule has 1 aromatic carbocycles. The third kappa shape index (κ3) is 4.55. The fourth-order valence-corrected chi connectivity index (χ4v) is 3.75. The highest BCUT2D eigenvalue weighted by Gasteiger charge is 2.31. The zero-order valence-corrected chi connectivity index (χ0v) is 17.3. The van der Waals surface area contributed by atoms with Gasteiger partial charge in [0, 0.05) is 43.5 Å². The van der Waals surface area contributed by atoms with Gasteiger partial charge < -0.3 is 14.8 Å². The molecule has 0 aliphatic carbocycles. The molecule has 2 atom stereocenters. The second-order valence-corrected chi connectivity index (χ2v) is 8.10.